The van der Waals surface area contributed by atoms with Gasteiger partial charge in [0.2, 0.25) is 10.0 Å². The van der Waals surface area contributed by atoms with E-state index in [1.165, 1.54) is 0 Å². The van der Waals surface area contributed by atoms with Gasteiger partial charge in [0.15, 0.2) is 5.25 Å². The minimum absolute atomic E-state index is 0.311. The number of sulfonamides is 1. The van der Waals surface area contributed by atoms with Crippen LogP contribution in [0.3, 0.4) is 0 Å². The Morgan fingerprint density at radius 3 is 2.18 bits per heavy atom. The number of nitrogens with two attached hydrogens (primary N) is 1. The van der Waals surface area contributed by atoms with Crippen LogP contribution in [0.15, 0.2) is 22.7 Å². The molecule has 0 aliphatic heterocycles. The van der Waals surface area contributed by atoms with Crippen molar-refractivity contribution in [2.45, 2.75) is 11.4 Å². The van der Waals surface area contributed by atoms with E-state index in [4.69, 9.17) is 0 Å². The molecule has 1 aromatic carbocycles. The molecule has 1 unspecified atom stereocenters. The molecule has 1 aromatic rings. The average molecular weight is 336 g/mol. The van der Waals surface area contributed by atoms with Crippen molar-refractivity contribution in [1.29, 1.82) is 0 Å². The van der Waals surface area contributed by atoms with Crippen LogP contribution >= 0.6 is 15.9 Å². The molecule has 0 heterocycles. The Morgan fingerprint density at radius 2 is 1.82 bits per heavy atom. The maximum Gasteiger partial charge on any atom is 0.410 e. The first kappa shape index (κ1) is 14.4. The Kier molecular flexibility index (Phi) is 3.84. The normalized spacial score (nSPS) is 14.7. The smallest absolute Gasteiger partial charge is 0.228 e. The van der Waals surface area contributed by atoms with E-state index < -0.39 is 32.8 Å². The van der Waals surface area contributed by atoms with Gasteiger partial charge in [-0.3, -0.25) is 0 Å². The molecular weight excluding hydrogens is 330 g/mol. The van der Waals surface area contributed by atoms with Crippen LogP contribution < -0.4 is 5.14 Å². The summed E-state index contributed by atoms with van der Waals surface area (Å²) in [6.07, 6.45) is -5.08. The summed E-state index contributed by atoms with van der Waals surface area (Å²) < 4.78 is 72.1. The Morgan fingerprint density at radius 1 is 1.29 bits per heavy atom. The van der Waals surface area contributed by atoms with Gasteiger partial charge in [-0.25, -0.2) is 17.9 Å². The van der Waals surface area contributed by atoms with Crippen LogP contribution in [0.4, 0.5) is 17.6 Å². The molecule has 1 atom stereocenters. The summed E-state index contributed by atoms with van der Waals surface area (Å²) in [6, 6.07) is 2.19. The maximum absolute atomic E-state index is 12.7. The lowest BCUT2D eigenvalue weighted by molar-refractivity contribution is -0.131. The molecule has 96 valence electrons. The van der Waals surface area contributed by atoms with Crippen molar-refractivity contribution in [1.82, 2.24) is 0 Å². The Hall–Kier alpha value is -0.670. The first-order chi connectivity index (χ1) is 7.53. The van der Waals surface area contributed by atoms with Gasteiger partial charge in [0.05, 0.1) is 0 Å². The van der Waals surface area contributed by atoms with Crippen LogP contribution in [0.1, 0.15) is 10.8 Å². The standard InChI is InChI=1S/C8H6BrF4NO2S/c9-6-3-4(10)1-2-5(6)7(8(11,12)13)17(14,15)16/h1-3,7H,(H2,14,15,16). The zero-order valence-corrected chi connectivity index (χ0v) is 10.4. The van der Waals surface area contributed by atoms with Crippen molar-refractivity contribution in [3.63, 3.8) is 0 Å². The van der Waals surface area contributed by atoms with Crippen LogP contribution in [0.5, 0.6) is 0 Å². The average Bonchev–Trinajstić information content (AvgIpc) is 2.04. The van der Waals surface area contributed by atoms with Crippen molar-refractivity contribution >= 4 is 26.0 Å². The molecule has 0 aliphatic rings. The highest BCUT2D eigenvalue weighted by Crippen LogP contribution is 2.40. The van der Waals surface area contributed by atoms with E-state index >= 15 is 0 Å². The van der Waals surface area contributed by atoms with Crippen LogP contribution in [0.25, 0.3) is 0 Å². The van der Waals surface area contributed by atoms with E-state index in [2.05, 4.69) is 21.1 Å². The van der Waals surface area contributed by atoms with Crippen LogP contribution in [-0.4, -0.2) is 14.6 Å². The molecule has 0 radical (unpaired) electrons. The fraction of sp³-hybridized carbons (Fsp3) is 0.250. The molecule has 0 spiro atoms. The molecule has 1 rings (SSSR count). The van der Waals surface area contributed by atoms with Gasteiger partial charge in [-0.15, -0.1) is 0 Å². The van der Waals surface area contributed by atoms with Gasteiger partial charge in [-0.2, -0.15) is 13.2 Å². The monoisotopic (exact) mass is 335 g/mol. The molecule has 2 N–H and O–H groups in total. The Balaban J connectivity index is 3.44. The molecule has 17 heavy (non-hydrogen) atoms. The lowest BCUT2D eigenvalue weighted by Crippen LogP contribution is -2.33. The van der Waals surface area contributed by atoms with Crippen molar-refractivity contribution in [2.24, 2.45) is 5.14 Å². The number of alkyl halides is 3. The van der Waals surface area contributed by atoms with Gasteiger partial charge in [0, 0.05) is 4.47 Å². The lowest BCUT2D eigenvalue weighted by Gasteiger charge is -2.19. The predicted molar refractivity (Wildman–Crippen MR) is 56.0 cm³/mol. The first-order valence-corrected chi connectivity index (χ1v) is 6.47. The Labute approximate surface area is 103 Å². The number of hydrogen-bond acceptors (Lipinski definition) is 2. The van der Waals surface area contributed by atoms with Crippen molar-refractivity contribution in [3.05, 3.63) is 34.1 Å². The molecule has 0 aromatic heterocycles. The zero-order chi connectivity index (χ0) is 13.4. The summed E-state index contributed by atoms with van der Waals surface area (Å²) >= 11 is 2.67. The third-order valence-electron chi connectivity index (χ3n) is 1.87. The van der Waals surface area contributed by atoms with Crippen LogP contribution in [0, 0.1) is 5.82 Å². The van der Waals surface area contributed by atoms with E-state index in [0.717, 1.165) is 18.2 Å². The SMILES string of the molecule is NS(=O)(=O)C(c1ccc(F)cc1Br)C(F)(F)F. The molecule has 0 amide bonds. The van der Waals surface area contributed by atoms with Crippen LogP contribution in [0.2, 0.25) is 0 Å². The van der Waals surface area contributed by atoms with E-state index in [1.807, 2.05) is 0 Å². The molecule has 0 saturated carbocycles. The van der Waals surface area contributed by atoms with Crippen molar-refractivity contribution in [2.75, 3.05) is 0 Å². The van der Waals surface area contributed by atoms with Gasteiger partial charge in [-0.1, -0.05) is 22.0 Å². The predicted octanol–water partition coefficient (Wildman–Crippen LogP) is 2.48. The minimum Gasteiger partial charge on any atom is -0.228 e. The molecule has 3 nitrogen and oxygen atoms in total. The molecule has 0 aliphatic carbocycles. The van der Waals surface area contributed by atoms with E-state index in [9.17, 15) is 26.0 Å². The zero-order valence-electron chi connectivity index (χ0n) is 8.00. The molecule has 9 heteroatoms. The summed E-state index contributed by atoms with van der Waals surface area (Å²) in [5, 5.41) is 1.66. The second-order valence-corrected chi connectivity index (χ2v) is 5.68. The van der Waals surface area contributed by atoms with E-state index in [-0.39, 0.29) is 4.47 Å². The second kappa shape index (κ2) is 4.54. The number of halogens is 5. The highest BCUT2D eigenvalue weighted by molar-refractivity contribution is 9.10. The summed E-state index contributed by atoms with van der Waals surface area (Å²) in [5.74, 6) is -0.795. The number of benzene rings is 1. The summed E-state index contributed by atoms with van der Waals surface area (Å²) in [4.78, 5) is 0. The summed E-state index contributed by atoms with van der Waals surface area (Å²) in [7, 11) is -4.89. The molecule has 0 saturated heterocycles. The quantitative estimate of drug-likeness (QED) is 0.844. The molecule has 0 bridgehead atoms. The fourth-order valence-electron chi connectivity index (χ4n) is 1.25. The fourth-order valence-corrected chi connectivity index (χ4v) is 2.92. The van der Waals surface area contributed by atoms with Crippen molar-refractivity contribution in [3.8, 4) is 0 Å². The minimum atomic E-state index is -5.08. The maximum atomic E-state index is 12.7. The van der Waals surface area contributed by atoms with E-state index in [1.54, 1.807) is 0 Å². The lowest BCUT2D eigenvalue weighted by atomic mass is 10.1. The topological polar surface area (TPSA) is 60.2 Å². The van der Waals surface area contributed by atoms with Gasteiger partial charge in [-0.05, 0) is 17.7 Å². The highest BCUT2D eigenvalue weighted by Gasteiger charge is 2.49. The van der Waals surface area contributed by atoms with Crippen molar-refractivity contribution < 1.29 is 26.0 Å². The number of rotatable bonds is 2. The third kappa shape index (κ3) is 3.39. The largest absolute Gasteiger partial charge is 0.410 e. The third-order valence-corrected chi connectivity index (χ3v) is 3.74. The number of hydrogen-bond donors (Lipinski definition) is 1. The van der Waals surface area contributed by atoms with Gasteiger partial charge >= 0.3 is 6.18 Å². The molecular formula is C8H6BrF4NO2S. The highest BCUT2D eigenvalue weighted by atomic mass is 79.9. The summed E-state index contributed by atoms with van der Waals surface area (Å²) in [5.41, 5.74) is -0.651. The Bertz CT molecular complexity index is 529. The number of primary sulfonamides is 1. The second-order valence-electron chi connectivity index (χ2n) is 3.18. The van der Waals surface area contributed by atoms with Crippen LogP contribution in [-0.2, 0) is 10.0 Å². The van der Waals surface area contributed by atoms with E-state index in [0.29, 0.717) is 0 Å². The van der Waals surface area contributed by atoms with Gasteiger partial charge in [0.25, 0.3) is 0 Å². The van der Waals surface area contributed by atoms with Gasteiger partial charge < -0.3 is 0 Å². The summed E-state index contributed by atoms with van der Waals surface area (Å²) in [6.45, 7) is 0. The van der Waals surface area contributed by atoms with Gasteiger partial charge in [0.1, 0.15) is 5.82 Å². The first-order valence-electron chi connectivity index (χ1n) is 4.07. The molecule has 0 fully saturated rings.